The van der Waals surface area contributed by atoms with Crippen LogP contribution in [0.3, 0.4) is 0 Å². The third-order valence-electron chi connectivity index (χ3n) is 12.3. The summed E-state index contributed by atoms with van der Waals surface area (Å²) < 4.78 is 2.38. The zero-order chi connectivity index (χ0) is 45.0. The third kappa shape index (κ3) is 7.72. The summed E-state index contributed by atoms with van der Waals surface area (Å²) in [6, 6.07) is 65.2. The fraction of sp³-hybridized carbons (Fsp3) is 0.0645. The largest absolute Gasteiger partial charge is 0.398 e. The summed E-state index contributed by atoms with van der Waals surface area (Å²) in [5.41, 5.74) is 26.2. The molecule has 0 saturated heterocycles. The molecule has 0 unspecified atom stereocenters. The van der Waals surface area contributed by atoms with Gasteiger partial charge < -0.3 is 15.2 Å². The Morgan fingerprint density at radius 3 is 2.00 bits per heavy atom. The zero-order valence-corrected chi connectivity index (χ0v) is 37.6. The van der Waals surface area contributed by atoms with E-state index in [-0.39, 0.29) is 0 Å². The summed E-state index contributed by atoms with van der Waals surface area (Å²) in [6.07, 6.45) is 10.0. The second-order valence-electron chi connectivity index (χ2n) is 16.1. The molecule has 8 aromatic carbocycles. The van der Waals surface area contributed by atoms with Crippen LogP contribution in [-0.2, 0) is 0 Å². The van der Waals surface area contributed by atoms with Gasteiger partial charge in [-0.05, 0) is 129 Å². The Bertz CT molecular complexity index is 3470. The zero-order valence-electron chi connectivity index (χ0n) is 37.6. The van der Waals surface area contributed by atoms with Crippen molar-refractivity contribution in [1.82, 2.24) is 4.57 Å². The number of rotatable bonds is 5. The molecule has 2 aliphatic rings. The van der Waals surface area contributed by atoms with Crippen LogP contribution in [0.4, 0.5) is 11.4 Å². The van der Waals surface area contributed by atoms with Gasteiger partial charge in [-0.2, -0.15) is 0 Å². The summed E-state index contributed by atoms with van der Waals surface area (Å²) in [4.78, 5) is 2.29. The van der Waals surface area contributed by atoms with E-state index in [1.165, 1.54) is 38.6 Å². The van der Waals surface area contributed by atoms with Crippen LogP contribution < -0.4 is 21.1 Å². The number of fused-ring (bicyclic) bond motifs is 8. The number of benzene rings is 8. The minimum Gasteiger partial charge on any atom is -0.398 e. The van der Waals surface area contributed by atoms with E-state index < -0.39 is 0 Å². The SMILES string of the molecule is C=C/C=C\C.C=C1/C=c2/cccc/c2=C/N(c2ccccc2)c2ccc(-c3ccc4c(c3)c3ccccc3n4-c3cccc(/C(N)=C4\c5ccccc5-c5cccc(C)c54)c3)cc21.CC. The summed E-state index contributed by atoms with van der Waals surface area (Å²) >= 11 is 0. The number of nitrogens with zero attached hydrogens (tertiary/aromatic N) is 2. The normalized spacial score (nSPS) is 14.2. The van der Waals surface area contributed by atoms with Crippen molar-refractivity contribution in [3.63, 3.8) is 0 Å². The predicted octanol–water partition coefficient (Wildman–Crippen LogP) is 14.8. The molecule has 0 radical (unpaired) electrons. The van der Waals surface area contributed by atoms with Crippen molar-refractivity contribution in [2.24, 2.45) is 5.73 Å². The second-order valence-corrected chi connectivity index (χ2v) is 16.1. The molecule has 3 heteroatoms. The maximum atomic E-state index is 7.23. The van der Waals surface area contributed by atoms with Crippen molar-refractivity contribution in [1.29, 1.82) is 0 Å². The van der Waals surface area contributed by atoms with Gasteiger partial charge in [-0.25, -0.2) is 0 Å². The summed E-state index contributed by atoms with van der Waals surface area (Å²) in [5.74, 6) is 0. The molecule has 0 fully saturated rings. The van der Waals surface area contributed by atoms with Gasteiger partial charge in [0.1, 0.15) is 0 Å². The summed E-state index contributed by atoms with van der Waals surface area (Å²) in [5, 5.41) is 4.70. The first kappa shape index (κ1) is 42.2. The summed E-state index contributed by atoms with van der Waals surface area (Å²) in [7, 11) is 0. The monoisotopic (exact) mass is 839 g/mol. The van der Waals surface area contributed by atoms with Crippen LogP contribution in [0.2, 0.25) is 0 Å². The molecular weight excluding hydrogens is 787 g/mol. The van der Waals surface area contributed by atoms with Gasteiger partial charge in [0.05, 0.1) is 16.7 Å². The topological polar surface area (TPSA) is 34.2 Å². The molecule has 0 amide bonds. The highest BCUT2D eigenvalue weighted by Crippen LogP contribution is 2.48. The maximum Gasteiger partial charge on any atom is 0.0541 e. The van der Waals surface area contributed by atoms with E-state index in [1.54, 1.807) is 6.08 Å². The van der Waals surface area contributed by atoms with Crippen LogP contribution in [-0.4, -0.2) is 4.57 Å². The lowest BCUT2D eigenvalue weighted by molar-refractivity contribution is 1.18. The van der Waals surface area contributed by atoms with Gasteiger partial charge in [0.25, 0.3) is 0 Å². The molecule has 0 saturated carbocycles. The van der Waals surface area contributed by atoms with Gasteiger partial charge in [-0.3, -0.25) is 0 Å². The van der Waals surface area contributed by atoms with E-state index >= 15 is 0 Å². The van der Waals surface area contributed by atoms with Gasteiger partial charge in [0.15, 0.2) is 0 Å². The van der Waals surface area contributed by atoms with E-state index in [9.17, 15) is 0 Å². The van der Waals surface area contributed by atoms with Crippen LogP contribution >= 0.6 is 0 Å². The predicted molar refractivity (Wildman–Crippen MR) is 282 cm³/mol. The molecule has 1 aliphatic heterocycles. The lowest BCUT2D eigenvalue weighted by atomic mass is 9.95. The Morgan fingerprint density at radius 2 is 1.22 bits per heavy atom. The van der Waals surface area contributed by atoms with Gasteiger partial charge in [0.2, 0.25) is 0 Å². The Hall–Kier alpha value is -8.14. The van der Waals surface area contributed by atoms with Crippen LogP contribution in [0.1, 0.15) is 48.6 Å². The number of aryl methyl sites for hydroxylation is 1. The molecule has 2 N–H and O–H groups in total. The van der Waals surface area contributed by atoms with E-state index in [1.807, 2.05) is 32.9 Å². The van der Waals surface area contributed by atoms with Crippen molar-refractivity contribution in [2.45, 2.75) is 27.7 Å². The fourth-order valence-electron chi connectivity index (χ4n) is 9.32. The quantitative estimate of drug-likeness (QED) is 0.175. The Balaban J connectivity index is 0.000000715. The molecule has 3 nitrogen and oxygen atoms in total. The fourth-order valence-corrected chi connectivity index (χ4v) is 9.32. The highest BCUT2D eigenvalue weighted by molar-refractivity contribution is 6.12. The van der Waals surface area contributed by atoms with E-state index in [4.69, 9.17) is 5.73 Å². The van der Waals surface area contributed by atoms with E-state index in [0.29, 0.717) is 0 Å². The molecule has 65 heavy (non-hydrogen) atoms. The molecule has 2 heterocycles. The average Bonchev–Trinajstić information content (AvgIpc) is 3.88. The van der Waals surface area contributed by atoms with Gasteiger partial charge in [-0.1, -0.05) is 173 Å². The van der Waals surface area contributed by atoms with Gasteiger partial charge in [0, 0.05) is 50.7 Å². The number of allylic oxidation sites excluding steroid dienone is 4. The van der Waals surface area contributed by atoms with Crippen LogP contribution in [0.15, 0.2) is 213 Å². The minimum absolute atomic E-state index is 0.787. The number of hydrogen-bond donors (Lipinski definition) is 1. The standard InChI is InChI=1S/C55H39N3.C5H8.C2H6/c1-35-14-12-24-46-44-21-8-9-23-47(44)54(53(35)46)55(56)40-17-13-20-43(31-40)58-51-25-11-10-22-45(51)49-33-39(27-29-52(49)58)38-26-28-50-48(32-38)36(2)30-37-15-6-7-16-41(37)34-57(50)42-18-4-3-5-19-42;1-3-5-4-2;1-2/h3-34H,2,56H2,1H3;3-5H,1H2,2H3;1-2H3/b37-30-,41-34-,55-54-;5-4-;. The van der Waals surface area contributed by atoms with Crippen molar-refractivity contribution >= 4 is 62.3 Å². The van der Waals surface area contributed by atoms with E-state index in [2.05, 4.69) is 224 Å². The lowest BCUT2D eigenvalue weighted by Gasteiger charge is -2.26. The Morgan fingerprint density at radius 1 is 0.569 bits per heavy atom. The van der Waals surface area contributed by atoms with Crippen molar-refractivity contribution in [3.05, 3.63) is 252 Å². The smallest absolute Gasteiger partial charge is 0.0541 e. The number of aromatic nitrogens is 1. The van der Waals surface area contributed by atoms with Gasteiger partial charge in [-0.15, -0.1) is 0 Å². The first-order valence-corrected chi connectivity index (χ1v) is 22.5. The maximum absolute atomic E-state index is 7.23. The molecule has 1 aliphatic carbocycles. The molecule has 9 aromatic rings. The highest BCUT2D eigenvalue weighted by atomic mass is 15.1. The Labute approximate surface area is 383 Å². The first-order valence-electron chi connectivity index (χ1n) is 22.5. The number of hydrogen-bond acceptors (Lipinski definition) is 2. The van der Waals surface area contributed by atoms with Crippen LogP contribution in [0.5, 0.6) is 0 Å². The first-order chi connectivity index (χ1) is 31.9. The molecule has 0 atom stereocenters. The van der Waals surface area contributed by atoms with Crippen LogP contribution in [0, 0.1) is 6.92 Å². The number of para-hydroxylation sites is 2. The molecule has 0 bridgehead atoms. The Kier molecular flexibility index (Phi) is 11.9. The third-order valence-corrected chi connectivity index (χ3v) is 12.3. The highest BCUT2D eigenvalue weighted by Gasteiger charge is 2.27. The molecule has 316 valence electrons. The molecular formula is C62H53N3. The van der Waals surface area contributed by atoms with E-state index in [0.717, 1.165) is 77.6 Å². The molecule has 1 aromatic heterocycles. The molecule has 11 rings (SSSR count). The number of nitrogens with two attached hydrogens (primary N) is 1. The second kappa shape index (κ2) is 18.3. The summed E-state index contributed by atoms with van der Waals surface area (Å²) in [6.45, 7) is 16.2. The van der Waals surface area contributed by atoms with Crippen molar-refractivity contribution in [3.8, 4) is 27.9 Å². The lowest BCUT2D eigenvalue weighted by Crippen LogP contribution is -2.29. The minimum atomic E-state index is 0.787. The van der Waals surface area contributed by atoms with Gasteiger partial charge >= 0.3 is 0 Å². The van der Waals surface area contributed by atoms with Crippen LogP contribution in [0.25, 0.3) is 78.9 Å². The van der Waals surface area contributed by atoms with Crippen molar-refractivity contribution in [2.75, 3.05) is 4.90 Å². The van der Waals surface area contributed by atoms with Crippen molar-refractivity contribution < 1.29 is 0 Å². The molecule has 0 spiro atoms. The number of anilines is 2. The average molecular weight is 840 g/mol.